The lowest BCUT2D eigenvalue weighted by Gasteiger charge is -2.22. The van der Waals surface area contributed by atoms with Gasteiger partial charge >= 0.3 is 0 Å². The molecule has 30 heavy (non-hydrogen) atoms. The summed E-state index contributed by atoms with van der Waals surface area (Å²) < 4.78 is 11.5. The van der Waals surface area contributed by atoms with Crippen LogP contribution in [0.15, 0.2) is 48.5 Å². The van der Waals surface area contributed by atoms with Crippen molar-refractivity contribution >= 4 is 0 Å². The standard InChI is InChI=1S/C26H40N2O2/c1-4-6-11-18-28(17-7-5-2)19-16-27-21-24-14-15-25(29-3)26(20-24)30-22-23-12-9-8-10-13-23/h8-10,12-15,20,27H,4-7,11,16-19,21-22H2,1-3H3. The van der Waals surface area contributed by atoms with Crippen LogP contribution in [0.2, 0.25) is 0 Å². The van der Waals surface area contributed by atoms with Crippen LogP contribution in [0.4, 0.5) is 0 Å². The van der Waals surface area contributed by atoms with Crippen molar-refractivity contribution in [1.82, 2.24) is 10.2 Å². The number of methoxy groups -OCH3 is 1. The molecule has 166 valence electrons. The van der Waals surface area contributed by atoms with Gasteiger partial charge in [0, 0.05) is 19.6 Å². The van der Waals surface area contributed by atoms with Crippen molar-refractivity contribution in [1.29, 1.82) is 0 Å². The highest BCUT2D eigenvalue weighted by atomic mass is 16.5. The van der Waals surface area contributed by atoms with Crippen LogP contribution in [0.5, 0.6) is 11.5 Å². The third kappa shape index (κ3) is 9.19. The number of hydrogen-bond donors (Lipinski definition) is 1. The summed E-state index contributed by atoms with van der Waals surface area (Å²) in [7, 11) is 1.69. The second kappa shape index (κ2) is 14.9. The zero-order valence-electron chi connectivity index (χ0n) is 19.2. The monoisotopic (exact) mass is 412 g/mol. The van der Waals surface area contributed by atoms with Gasteiger partial charge in [0.15, 0.2) is 11.5 Å². The summed E-state index contributed by atoms with van der Waals surface area (Å²) in [6, 6.07) is 16.4. The van der Waals surface area contributed by atoms with Gasteiger partial charge in [0.1, 0.15) is 6.61 Å². The van der Waals surface area contributed by atoms with Crippen LogP contribution in [-0.4, -0.2) is 38.2 Å². The van der Waals surface area contributed by atoms with Crippen molar-refractivity contribution in [3.63, 3.8) is 0 Å². The molecule has 0 saturated carbocycles. The van der Waals surface area contributed by atoms with Gasteiger partial charge in [-0.15, -0.1) is 0 Å². The molecule has 4 nitrogen and oxygen atoms in total. The molecule has 0 heterocycles. The second-order valence-electron chi connectivity index (χ2n) is 7.84. The Hall–Kier alpha value is -2.04. The molecule has 0 unspecified atom stereocenters. The molecule has 0 bridgehead atoms. The normalized spacial score (nSPS) is 11.1. The predicted molar refractivity (Wildman–Crippen MR) is 126 cm³/mol. The van der Waals surface area contributed by atoms with Crippen molar-refractivity contribution in [2.75, 3.05) is 33.3 Å². The SMILES string of the molecule is CCCCCN(CCCC)CCNCc1ccc(OC)c(OCc2ccccc2)c1. The van der Waals surface area contributed by atoms with Crippen molar-refractivity contribution in [3.05, 3.63) is 59.7 Å². The molecule has 0 saturated heterocycles. The number of benzene rings is 2. The molecule has 0 radical (unpaired) electrons. The minimum absolute atomic E-state index is 0.540. The first-order chi connectivity index (χ1) is 14.8. The van der Waals surface area contributed by atoms with Crippen LogP contribution in [0.25, 0.3) is 0 Å². The summed E-state index contributed by atoms with van der Waals surface area (Å²) in [6.45, 7) is 10.4. The lowest BCUT2D eigenvalue weighted by molar-refractivity contribution is 0.263. The van der Waals surface area contributed by atoms with Gasteiger partial charge in [0.05, 0.1) is 7.11 Å². The van der Waals surface area contributed by atoms with Crippen LogP contribution >= 0.6 is 0 Å². The van der Waals surface area contributed by atoms with E-state index in [0.29, 0.717) is 6.61 Å². The van der Waals surface area contributed by atoms with Crippen LogP contribution < -0.4 is 14.8 Å². The highest BCUT2D eigenvalue weighted by Gasteiger charge is 2.07. The largest absolute Gasteiger partial charge is 0.493 e. The quantitative estimate of drug-likeness (QED) is 0.361. The fourth-order valence-corrected chi connectivity index (χ4v) is 3.45. The van der Waals surface area contributed by atoms with E-state index in [2.05, 4.69) is 48.3 Å². The van der Waals surface area contributed by atoms with Gasteiger partial charge < -0.3 is 19.7 Å². The van der Waals surface area contributed by atoms with E-state index in [1.807, 2.05) is 24.3 Å². The van der Waals surface area contributed by atoms with E-state index in [1.165, 1.54) is 50.8 Å². The summed E-state index contributed by atoms with van der Waals surface area (Å²) in [5.41, 5.74) is 2.36. The van der Waals surface area contributed by atoms with E-state index in [4.69, 9.17) is 9.47 Å². The summed E-state index contributed by atoms with van der Waals surface area (Å²) in [6.07, 6.45) is 6.46. The molecule has 4 heteroatoms. The van der Waals surface area contributed by atoms with Crippen LogP contribution in [0.3, 0.4) is 0 Å². The van der Waals surface area contributed by atoms with Crippen molar-refractivity contribution in [2.24, 2.45) is 0 Å². The van der Waals surface area contributed by atoms with E-state index >= 15 is 0 Å². The Balaban J connectivity index is 1.82. The molecular weight excluding hydrogens is 372 g/mol. The number of hydrogen-bond acceptors (Lipinski definition) is 4. The Bertz CT molecular complexity index is 691. The minimum atomic E-state index is 0.540. The summed E-state index contributed by atoms with van der Waals surface area (Å²) in [4.78, 5) is 2.61. The van der Waals surface area contributed by atoms with Crippen LogP contribution in [0.1, 0.15) is 57.1 Å². The van der Waals surface area contributed by atoms with E-state index in [9.17, 15) is 0 Å². The molecule has 0 aromatic heterocycles. The summed E-state index contributed by atoms with van der Waals surface area (Å²) >= 11 is 0. The highest BCUT2D eigenvalue weighted by Crippen LogP contribution is 2.28. The molecule has 0 aliphatic carbocycles. The first kappa shape index (κ1) is 24.2. The Morgan fingerprint density at radius 1 is 0.800 bits per heavy atom. The van der Waals surface area contributed by atoms with Gasteiger partial charge in [-0.3, -0.25) is 0 Å². The molecular formula is C26H40N2O2. The number of nitrogens with zero attached hydrogens (tertiary/aromatic N) is 1. The molecule has 0 aliphatic heterocycles. The molecule has 2 rings (SSSR count). The predicted octanol–water partition coefficient (Wildman–Crippen LogP) is 5.66. The lowest BCUT2D eigenvalue weighted by Crippen LogP contribution is -2.33. The van der Waals surface area contributed by atoms with Gasteiger partial charge in [-0.25, -0.2) is 0 Å². The van der Waals surface area contributed by atoms with Gasteiger partial charge in [-0.1, -0.05) is 69.5 Å². The Morgan fingerprint density at radius 3 is 2.30 bits per heavy atom. The molecule has 0 aliphatic rings. The maximum Gasteiger partial charge on any atom is 0.161 e. The third-order valence-corrected chi connectivity index (χ3v) is 5.30. The summed E-state index contributed by atoms with van der Waals surface area (Å²) in [5.74, 6) is 1.57. The van der Waals surface area contributed by atoms with Crippen molar-refractivity contribution in [3.8, 4) is 11.5 Å². The van der Waals surface area contributed by atoms with Gasteiger partial charge in [-0.05, 0) is 49.2 Å². The number of ether oxygens (including phenoxy) is 2. The fourth-order valence-electron chi connectivity index (χ4n) is 3.45. The Morgan fingerprint density at radius 2 is 1.57 bits per heavy atom. The van der Waals surface area contributed by atoms with Crippen molar-refractivity contribution < 1.29 is 9.47 Å². The van der Waals surface area contributed by atoms with Crippen LogP contribution in [0, 0.1) is 0 Å². The average molecular weight is 413 g/mol. The Kier molecular flexibility index (Phi) is 12.0. The molecule has 0 amide bonds. The van der Waals surface area contributed by atoms with E-state index in [-0.39, 0.29) is 0 Å². The molecule has 2 aromatic rings. The Labute approximate surface area is 183 Å². The van der Waals surface area contributed by atoms with Gasteiger partial charge in [-0.2, -0.15) is 0 Å². The maximum atomic E-state index is 6.04. The van der Waals surface area contributed by atoms with Gasteiger partial charge in [0.2, 0.25) is 0 Å². The first-order valence-corrected chi connectivity index (χ1v) is 11.5. The second-order valence-corrected chi connectivity index (χ2v) is 7.84. The van der Waals surface area contributed by atoms with Crippen LogP contribution in [-0.2, 0) is 13.2 Å². The zero-order valence-corrected chi connectivity index (χ0v) is 19.2. The molecule has 0 fully saturated rings. The topological polar surface area (TPSA) is 33.7 Å². The molecule has 1 N–H and O–H groups in total. The van der Waals surface area contributed by atoms with Crippen molar-refractivity contribution in [2.45, 2.75) is 59.1 Å². The smallest absolute Gasteiger partial charge is 0.161 e. The molecule has 2 aromatic carbocycles. The van der Waals surface area contributed by atoms with Gasteiger partial charge in [0.25, 0.3) is 0 Å². The highest BCUT2D eigenvalue weighted by molar-refractivity contribution is 5.43. The number of nitrogens with one attached hydrogen (secondary N) is 1. The lowest BCUT2D eigenvalue weighted by atomic mass is 10.2. The van der Waals surface area contributed by atoms with E-state index < -0.39 is 0 Å². The fraction of sp³-hybridized carbons (Fsp3) is 0.538. The molecule has 0 spiro atoms. The number of rotatable bonds is 16. The first-order valence-electron chi connectivity index (χ1n) is 11.5. The van der Waals surface area contributed by atoms with E-state index in [0.717, 1.165) is 36.7 Å². The average Bonchev–Trinajstić information content (AvgIpc) is 2.79. The zero-order chi connectivity index (χ0) is 21.4. The maximum absolute atomic E-state index is 6.04. The summed E-state index contributed by atoms with van der Waals surface area (Å²) in [5, 5.41) is 3.60. The molecule has 0 atom stereocenters. The third-order valence-electron chi connectivity index (χ3n) is 5.30. The minimum Gasteiger partial charge on any atom is -0.493 e. The number of unbranched alkanes of at least 4 members (excludes halogenated alkanes) is 3. The van der Waals surface area contributed by atoms with E-state index in [1.54, 1.807) is 7.11 Å².